The Morgan fingerprint density at radius 1 is 1.14 bits per heavy atom. The molecule has 0 aliphatic carbocycles. The van der Waals surface area contributed by atoms with Crippen molar-refractivity contribution in [2.45, 2.75) is 20.3 Å². The third kappa shape index (κ3) is 4.09. The van der Waals surface area contributed by atoms with Crippen molar-refractivity contribution in [2.24, 2.45) is 7.05 Å². The SMILES string of the molecule is Cc1cc(CC(=O)CN(C)c2cc(C)c3c(N(C)C)nn(C)c3n2)cc(Cl)n1. The molecule has 28 heavy (non-hydrogen) atoms. The molecule has 148 valence electrons. The van der Waals surface area contributed by atoms with Gasteiger partial charge < -0.3 is 9.80 Å². The second-order valence-electron chi connectivity index (χ2n) is 7.35. The summed E-state index contributed by atoms with van der Waals surface area (Å²) >= 11 is 5.99. The van der Waals surface area contributed by atoms with Gasteiger partial charge in [-0.3, -0.25) is 4.79 Å². The summed E-state index contributed by atoms with van der Waals surface area (Å²) in [6, 6.07) is 5.62. The van der Waals surface area contributed by atoms with Crippen molar-refractivity contribution >= 4 is 40.1 Å². The van der Waals surface area contributed by atoms with Crippen LogP contribution in [-0.4, -0.2) is 53.2 Å². The zero-order chi connectivity index (χ0) is 20.6. The highest BCUT2D eigenvalue weighted by Gasteiger charge is 2.18. The third-order valence-electron chi connectivity index (χ3n) is 4.57. The minimum absolute atomic E-state index is 0.0858. The van der Waals surface area contributed by atoms with Crippen molar-refractivity contribution in [1.82, 2.24) is 19.7 Å². The quantitative estimate of drug-likeness (QED) is 0.592. The number of aromatic nitrogens is 4. The zero-order valence-electron chi connectivity index (χ0n) is 17.1. The van der Waals surface area contributed by atoms with Crippen molar-refractivity contribution < 1.29 is 4.79 Å². The second-order valence-corrected chi connectivity index (χ2v) is 7.74. The Hall–Kier alpha value is -2.67. The van der Waals surface area contributed by atoms with Crippen LogP contribution in [-0.2, 0) is 18.3 Å². The van der Waals surface area contributed by atoms with Gasteiger partial charge in [-0.2, -0.15) is 5.10 Å². The number of ketones is 1. The van der Waals surface area contributed by atoms with Crippen molar-refractivity contribution in [1.29, 1.82) is 0 Å². The van der Waals surface area contributed by atoms with E-state index in [1.807, 2.05) is 64.0 Å². The minimum atomic E-state index is 0.0858. The number of pyridine rings is 2. The summed E-state index contributed by atoms with van der Waals surface area (Å²) in [5, 5.41) is 5.99. The number of carbonyl (C=O) groups excluding carboxylic acids is 1. The fraction of sp³-hybridized carbons (Fsp3) is 0.400. The summed E-state index contributed by atoms with van der Waals surface area (Å²) in [6.07, 6.45) is 0.311. The van der Waals surface area contributed by atoms with Crippen LogP contribution < -0.4 is 9.80 Å². The van der Waals surface area contributed by atoms with E-state index in [0.29, 0.717) is 11.6 Å². The van der Waals surface area contributed by atoms with Crippen LogP contribution in [0, 0.1) is 13.8 Å². The van der Waals surface area contributed by atoms with Crippen LogP contribution in [0.1, 0.15) is 16.8 Å². The van der Waals surface area contributed by atoms with Gasteiger partial charge in [0.2, 0.25) is 0 Å². The summed E-state index contributed by atoms with van der Waals surface area (Å²) in [7, 11) is 7.69. The molecular formula is C20H25ClN6O. The number of anilines is 2. The number of halogens is 1. The number of nitrogens with zero attached hydrogens (tertiary/aromatic N) is 6. The predicted molar refractivity (Wildman–Crippen MR) is 114 cm³/mol. The molecule has 0 aromatic carbocycles. The highest BCUT2D eigenvalue weighted by Crippen LogP contribution is 2.29. The molecule has 3 heterocycles. The van der Waals surface area contributed by atoms with Gasteiger partial charge in [-0.05, 0) is 43.2 Å². The normalized spacial score (nSPS) is 11.1. The fourth-order valence-electron chi connectivity index (χ4n) is 3.32. The van der Waals surface area contributed by atoms with Crippen LogP contribution >= 0.6 is 11.6 Å². The van der Waals surface area contributed by atoms with Crippen LogP contribution in [0.5, 0.6) is 0 Å². The largest absolute Gasteiger partial charge is 0.361 e. The van der Waals surface area contributed by atoms with E-state index < -0.39 is 0 Å². The Bertz CT molecular complexity index is 1020. The maximum Gasteiger partial charge on any atom is 0.162 e. The smallest absolute Gasteiger partial charge is 0.162 e. The monoisotopic (exact) mass is 400 g/mol. The molecule has 8 heteroatoms. The summed E-state index contributed by atoms with van der Waals surface area (Å²) < 4.78 is 1.78. The number of rotatable bonds is 6. The molecule has 0 spiro atoms. The van der Waals surface area contributed by atoms with E-state index in [1.54, 1.807) is 10.7 Å². The number of aryl methyl sites for hydroxylation is 3. The summed E-state index contributed by atoms with van der Waals surface area (Å²) in [4.78, 5) is 25.3. The molecular weight excluding hydrogens is 376 g/mol. The molecule has 0 fully saturated rings. The van der Waals surface area contributed by atoms with Crippen molar-refractivity contribution in [2.75, 3.05) is 37.5 Å². The van der Waals surface area contributed by atoms with Gasteiger partial charge in [0.1, 0.15) is 11.0 Å². The van der Waals surface area contributed by atoms with Crippen molar-refractivity contribution in [3.63, 3.8) is 0 Å². The number of carbonyl (C=O) groups is 1. The third-order valence-corrected chi connectivity index (χ3v) is 4.76. The molecule has 3 aromatic heterocycles. The molecule has 0 radical (unpaired) electrons. The average Bonchev–Trinajstić information content (AvgIpc) is 2.91. The molecule has 0 atom stereocenters. The lowest BCUT2D eigenvalue weighted by molar-refractivity contribution is -0.117. The molecule has 3 aromatic rings. The highest BCUT2D eigenvalue weighted by molar-refractivity contribution is 6.29. The van der Waals surface area contributed by atoms with Crippen LogP contribution in [0.2, 0.25) is 5.15 Å². The first-order valence-corrected chi connectivity index (χ1v) is 9.41. The first-order chi connectivity index (χ1) is 13.2. The Morgan fingerprint density at radius 3 is 2.50 bits per heavy atom. The molecule has 0 amide bonds. The lowest BCUT2D eigenvalue weighted by atomic mass is 10.1. The van der Waals surface area contributed by atoms with Gasteiger partial charge in [0, 0.05) is 40.3 Å². The lowest BCUT2D eigenvalue weighted by Crippen LogP contribution is -2.27. The first kappa shape index (κ1) is 20.1. The van der Waals surface area contributed by atoms with Crippen LogP contribution in [0.4, 0.5) is 11.6 Å². The van der Waals surface area contributed by atoms with E-state index in [2.05, 4.69) is 10.1 Å². The Balaban J connectivity index is 1.82. The number of hydrogen-bond donors (Lipinski definition) is 0. The molecule has 0 N–H and O–H groups in total. The molecule has 0 aliphatic heterocycles. The number of Topliss-reactive ketones (excluding diaryl/α,β-unsaturated/α-hetero) is 1. The van der Waals surface area contributed by atoms with Gasteiger partial charge >= 0.3 is 0 Å². The van der Waals surface area contributed by atoms with Crippen LogP contribution in [0.25, 0.3) is 11.0 Å². The molecule has 0 bridgehead atoms. The van der Waals surface area contributed by atoms with E-state index in [0.717, 1.165) is 39.5 Å². The van der Waals surface area contributed by atoms with Gasteiger partial charge in [-0.15, -0.1) is 0 Å². The Labute approximate surface area is 169 Å². The van der Waals surface area contributed by atoms with E-state index in [4.69, 9.17) is 16.6 Å². The first-order valence-electron chi connectivity index (χ1n) is 9.03. The zero-order valence-corrected chi connectivity index (χ0v) is 17.9. The van der Waals surface area contributed by atoms with Crippen LogP contribution in [0.3, 0.4) is 0 Å². The van der Waals surface area contributed by atoms with Crippen LogP contribution in [0.15, 0.2) is 18.2 Å². The van der Waals surface area contributed by atoms with E-state index in [9.17, 15) is 4.79 Å². The summed E-state index contributed by atoms with van der Waals surface area (Å²) in [5.74, 6) is 1.72. The number of likely N-dealkylation sites (N-methyl/N-ethyl adjacent to an activating group) is 1. The van der Waals surface area contributed by atoms with Crippen molar-refractivity contribution in [3.05, 3.63) is 40.2 Å². The van der Waals surface area contributed by atoms with Gasteiger partial charge in [0.25, 0.3) is 0 Å². The number of hydrogen-bond acceptors (Lipinski definition) is 6. The van der Waals surface area contributed by atoms with E-state index in [-0.39, 0.29) is 12.3 Å². The lowest BCUT2D eigenvalue weighted by Gasteiger charge is -2.18. The van der Waals surface area contributed by atoms with Gasteiger partial charge in [0.05, 0.1) is 11.9 Å². The maximum absolute atomic E-state index is 12.6. The van der Waals surface area contributed by atoms with Crippen molar-refractivity contribution in [3.8, 4) is 0 Å². The fourth-order valence-corrected chi connectivity index (χ4v) is 3.60. The average molecular weight is 401 g/mol. The minimum Gasteiger partial charge on any atom is -0.361 e. The van der Waals surface area contributed by atoms with Gasteiger partial charge in [-0.25, -0.2) is 14.6 Å². The number of fused-ring (bicyclic) bond motifs is 1. The topological polar surface area (TPSA) is 67.2 Å². The standard InChI is InChI=1S/C20H25ClN6O/c1-12-7-17(23-19-18(12)20(25(3)4)24-27(19)6)26(5)11-15(28)9-14-8-13(2)22-16(21)10-14/h7-8,10H,9,11H2,1-6H3. The molecule has 0 aliphatic rings. The van der Waals surface area contributed by atoms with E-state index in [1.165, 1.54) is 0 Å². The molecule has 7 nitrogen and oxygen atoms in total. The second kappa shape index (κ2) is 7.75. The van der Waals surface area contributed by atoms with E-state index >= 15 is 0 Å². The van der Waals surface area contributed by atoms with Gasteiger partial charge in [0.15, 0.2) is 17.2 Å². The highest BCUT2D eigenvalue weighted by atomic mass is 35.5. The predicted octanol–water partition coefficient (Wildman–Crippen LogP) is 2.95. The molecule has 0 unspecified atom stereocenters. The maximum atomic E-state index is 12.6. The molecule has 0 saturated carbocycles. The Morgan fingerprint density at radius 2 is 1.86 bits per heavy atom. The molecule has 0 saturated heterocycles. The summed E-state index contributed by atoms with van der Waals surface area (Å²) in [5.41, 5.74) is 3.55. The molecule has 3 rings (SSSR count). The summed E-state index contributed by atoms with van der Waals surface area (Å²) in [6.45, 7) is 4.17. The van der Waals surface area contributed by atoms with Gasteiger partial charge in [-0.1, -0.05) is 11.6 Å². The Kier molecular flexibility index (Phi) is 5.56.